The van der Waals surface area contributed by atoms with E-state index >= 15 is 0 Å². The molecule has 3 aromatic rings. The lowest BCUT2D eigenvalue weighted by atomic mass is 9.85. The van der Waals surface area contributed by atoms with Crippen LogP contribution in [-0.4, -0.2) is 64.3 Å². The molecule has 1 aromatic heterocycles. The zero-order chi connectivity index (χ0) is 37.0. The van der Waals surface area contributed by atoms with Gasteiger partial charge in [-0.25, -0.2) is 4.79 Å². The average molecular weight is 714 g/mol. The largest absolute Gasteiger partial charge is 0.356 e. The van der Waals surface area contributed by atoms with Gasteiger partial charge in [0.15, 0.2) is 0 Å². The highest BCUT2D eigenvalue weighted by atomic mass is 16.7. The van der Waals surface area contributed by atoms with Gasteiger partial charge in [0, 0.05) is 60.9 Å². The van der Waals surface area contributed by atoms with Gasteiger partial charge in [0.2, 0.25) is 11.8 Å². The van der Waals surface area contributed by atoms with Crippen molar-refractivity contribution in [2.75, 3.05) is 18.0 Å². The first kappa shape index (κ1) is 38.2. The standard InChI is InChI=1S/C40H51N5O7/c1-3-28-13-12-15-32(25-28)43(4-2)37(48)27-44-33-16-10-9-14-30(33)26-34(44)40(51)42-31-20-18-29(19-21-31)39(50)41-24-11-7-5-6-8-17-38(49)52-45-35(46)22-23-36(45)47/h9-10,12-16,25-26,29,31H,3-8,11,17-24,27H2,1-2H3,(H,41,50)(H,42,51)/t29-,31-. The van der Waals surface area contributed by atoms with Crippen LogP contribution in [0, 0.1) is 5.92 Å². The molecule has 2 aliphatic rings. The van der Waals surface area contributed by atoms with E-state index in [0.717, 1.165) is 54.3 Å². The lowest BCUT2D eigenvalue weighted by molar-refractivity contribution is -0.197. The number of hydroxylamine groups is 2. The van der Waals surface area contributed by atoms with Crippen LogP contribution in [0.25, 0.3) is 10.9 Å². The van der Waals surface area contributed by atoms with Crippen LogP contribution in [0.2, 0.25) is 0 Å². The molecular weight excluding hydrogens is 662 g/mol. The lowest BCUT2D eigenvalue weighted by Crippen LogP contribution is -2.42. The number of carbonyl (C=O) groups is 6. The van der Waals surface area contributed by atoms with Crippen LogP contribution in [0.15, 0.2) is 54.6 Å². The number of carbonyl (C=O) groups excluding carboxylic acids is 6. The molecule has 0 bridgehead atoms. The summed E-state index contributed by atoms with van der Waals surface area (Å²) < 4.78 is 1.81. The van der Waals surface area contributed by atoms with E-state index in [9.17, 15) is 28.8 Å². The van der Waals surface area contributed by atoms with Crippen molar-refractivity contribution < 1.29 is 33.6 Å². The molecule has 12 nitrogen and oxygen atoms in total. The molecule has 2 fully saturated rings. The first-order valence-corrected chi connectivity index (χ1v) is 18.8. The van der Waals surface area contributed by atoms with Gasteiger partial charge in [-0.2, -0.15) is 0 Å². The predicted molar refractivity (Wildman–Crippen MR) is 197 cm³/mol. The molecular formula is C40H51N5O7. The zero-order valence-electron chi connectivity index (χ0n) is 30.4. The van der Waals surface area contributed by atoms with Crippen molar-refractivity contribution in [2.45, 2.75) is 110 Å². The molecule has 278 valence electrons. The number of anilines is 1. The van der Waals surface area contributed by atoms with Crippen LogP contribution in [0.4, 0.5) is 5.69 Å². The number of likely N-dealkylation sites (N-methyl/N-ethyl adjacent to an activating group) is 1. The number of nitrogens with one attached hydrogen (secondary N) is 2. The molecule has 2 aromatic carbocycles. The van der Waals surface area contributed by atoms with Gasteiger partial charge < -0.3 is 24.9 Å². The number of amides is 5. The van der Waals surface area contributed by atoms with Crippen LogP contribution in [0.1, 0.15) is 107 Å². The molecule has 1 aliphatic carbocycles. The molecule has 1 saturated heterocycles. The number of hydrogen-bond acceptors (Lipinski definition) is 7. The lowest BCUT2D eigenvalue weighted by Gasteiger charge is -2.28. The third-order valence-electron chi connectivity index (χ3n) is 10.1. The van der Waals surface area contributed by atoms with Crippen molar-refractivity contribution >= 4 is 52.1 Å². The molecule has 0 spiro atoms. The molecule has 12 heteroatoms. The van der Waals surface area contributed by atoms with E-state index in [0.29, 0.717) is 56.0 Å². The number of aromatic nitrogens is 1. The van der Waals surface area contributed by atoms with Crippen LogP contribution < -0.4 is 15.5 Å². The molecule has 52 heavy (non-hydrogen) atoms. The van der Waals surface area contributed by atoms with Crippen LogP contribution in [0.3, 0.4) is 0 Å². The Bertz CT molecular complexity index is 1740. The summed E-state index contributed by atoms with van der Waals surface area (Å²) >= 11 is 0. The maximum Gasteiger partial charge on any atom is 0.333 e. The number of nitrogens with zero attached hydrogens (tertiary/aromatic N) is 3. The van der Waals surface area contributed by atoms with Crippen molar-refractivity contribution in [3.63, 3.8) is 0 Å². The molecule has 0 radical (unpaired) electrons. The summed E-state index contributed by atoms with van der Waals surface area (Å²) in [6.07, 6.45) is 7.99. The Hall–Kier alpha value is -5.00. The number of benzene rings is 2. The highest BCUT2D eigenvalue weighted by Gasteiger charge is 2.33. The van der Waals surface area contributed by atoms with Gasteiger partial charge in [0.25, 0.3) is 17.7 Å². The number of aryl methyl sites for hydroxylation is 1. The second-order valence-corrected chi connectivity index (χ2v) is 13.7. The second kappa shape index (κ2) is 18.5. The average Bonchev–Trinajstić information content (AvgIpc) is 3.68. The Morgan fingerprint density at radius 1 is 0.846 bits per heavy atom. The smallest absolute Gasteiger partial charge is 0.333 e. The SMILES string of the molecule is CCc1cccc(N(CC)C(=O)Cn2c(C(=O)N[C@H]3CC[C@H](C(=O)NCCCCCCCC(=O)ON4C(=O)CCC4=O)CC3)cc3ccccc32)c1. The van der Waals surface area contributed by atoms with Crippen molar-refractivity contribution in [1.29, 1.82) is 0 Å². The first-order valence-electron chi connectivity index (χ1n) is 18.8. The number of fused-ring (bicyclic) bond motifs is 1. The molecule has 5 amide bonds. The minimum atomic E-state index is -0.576. The summed E-state index contributed by atoms with van der Waals surface area (Å²) in [7, 11) is 0. The molecule has 0 unspecified atom stereocenters. The number of unbranched alkanes of at least 4 members (excludes halogenated alkanes) is 4. The Morgan fingerprint density at radius 2 is 1.56 bits per heavy atom. The summed E-state index contributed by atoms with van der Waals surface area (Å²) in [6, 6.07) is 17.5. The van der Waals surface area contributed by atoms with Gasteiger partial charge in [-0.3, -0.25) is 24.0 Å². The van der Waals surface area contributed by atoms with Gasteiger partial charge in [0.05, 0.1) is 0 Å². The van der Waals surface area contributed by atoms with Crippen molar-refractivity contribution in [2.24, 2.45) is 5.92 Å². The fourth-order valence-electron chi connectivity index (χ4n) is 7.08. The van der Waals surface area contributed by atoms with Crippen LogP contribution in [-0.2, 0) is 41.8 Å². The zero-order valence-corrected chi connectivity index (χ0v) is 30.4. The van der Waals surface area contributed by atoms with E-state index in [-0.39, 0.29) is 55.5 Å². The topological polar surface area (TPSA) is 147 Å². The van der Waals surface area contributed by atoms with E-state index in [1.165, 1.54) is 0 Å². The first-order chi connectivity index (χ1) is 25.2. The maximum atomic E-state index is 13.7. The van der Waals surface area contributed by atoms with Gasteiger partial charge in [0.1, 0.15) is 12.2 Å². The fraction of sp³-hybridized carbons (Fsp3) is 0.500. The molecule has 2 N–H and O–H groups in total. The minimum absolute atomic E-state index is 0.0349. The van der Waals surface area contributed by atoms with E-state index in [1.807, 2.05) is 60.0 Å². The van der Waals surface area contributed by atoms with Gasteiger partial charge in [-0.05, 0) is 81.7 Å². The van der Waals surface area contributed by atoms with Crippen LogP contribution in [0.5, 0.6) is 0 Å². The predicted octanol–water partition coefficient (Wildman–Crippen LogP) is 5.61. The van der Waals surface area contributed by atoms with Crippen LogP contribution >= 0.6 is 0 Å². The van der Waals surface area contributed by atoms with E-state index in [4.69, 9.17) is 4.84 Å². The number of hydrogen-bond donors (Lipinski definition) is 2. The third kappa shape index (κ3) is 9.86. The van der Waals surface area contributed by atoms with E-state index in [2.05, 4.69) is 23.6 Å². The highest BCUT2D eigenvalue weighted by molar-refractivity contribution is 6.02. The van der Waals surface area contributed by atoms with Crippen molar-refractivity contribution in [1.82, 2.24) is 20.3 Å². The second-order valence-electron chi connectivity index (χ2n) is 13.7. The Labute approximate surface area is 305 Å². The van der Waals surface area contributed by atoms with Crippen molar-refractivity contribution in [3.05, 3.63) is 65.9 Å². The fourth-order valence-corrected chi connectivity index (χ4v) is 7.08. The number of imide groups is 1. The third-order valence-corrected chi connectivity index (χ3v) is 10.1. The monoisotopic (exact) mass is 713 g/mol. The summed E-state index contributed by atoms with van der Waals surface area (Å²) in [5.41, 5.74) is 3.28. The maximum absolute atomic E-state index is 13.7. The Morgan fingerprint density at radius 3 is 2.29 bits per heavy atom. The number of rotatable bonds is 17. The summed E-state index contributed by atoms with van der Waals surface area (Å²) in [6.45, 7) is 5.17. The van der Waals surface area contributed by atoms with Gasteiger partial charge in [-0.1, -0.05) is 56.5 Å². The Balaban J connectivity index is 1.03. The van der Waals surface area contributed by atoms with Crippen molar-refractivity contribution in [3.8, 4) is 0 Å². The molecule has 0 atom stereocenters. The molecule has 2 heterocycles. The normalized spacial score (nSPS) is 17.3. The van der Waals surface area contributed by atoms with Gasteiger partial charge in [-0.15, -0.1) is 5.06 Å². The number of para-hydroxylation sites is 1. The minimum Gasteiger partial charge on any atom is -0.356 e. The summed E-state index contributed by atoms with van der Waals surface area (Å²) in [4.78, 5) is 81.9. The highest BCUT2D eigenvalue weighted by Crippen LogP contribution is 2.27. The summed E-state index contributed by atoms with van der Waals surface area (Å²) in [5, 5.41) is 7.72. The summed E-state index contributed by atoms with van der Waals surface area (Å²) in [5.74, 6) is -1.89. The molecule has 1 saturated carbocycles. The van der Waals surface area contributed by atoms with Gasteiger partial charge >= 0.3 is 5.97 Å². The quantitative estimate of drug-likeness (QED) is 0.137. The van der Waals surface area contributed by atoms with E-state index < -0.39 is 17.8 Å². The molecule has 5 rings (SSSR count). The Kier molecular flexibility index (Phi) is 13.6. The molecule has 1 aliphatic heterocycles. The van der Waals surface area contributed by atoms with E-state index in [1.54, 1.807) is 4.90 Å².